The van der Waals surface area contributed by atoms with Crippen molar-refractivity contribution in [3.63, 3.8) is 0 Å². The molecular formula is C12H17Cl2NO3S. The van der Waals surface area contributed by atoms with Gasteiger partial charge >= 0.3 is 0 Å². The summed E-state index contributed by atoms with van der Waals surface area (Å²) in [4.78, 5) is 0. The Kier molecular flexibility index (Phi) is 7.71. The summed E-state index contributed by atoms with van der Waals surface area (Å²) < 4.78 is 16.2. The van der Waals surface area contributed by atoms with Crippen molar-refractivity contribution in [1.29, 1.82) is 0 Å². The Morgan fingerprint density at radius 2 is 2.16 bits per heavy atom. The standard InChI is InChI=1S/C12H17Cl2NO3S/c1-19(17)5-4-15-7-9(16)8-18-10-2-3-11(13)12(14)6-10/h2-3,6,9,15-16H,4-5,7-8H2,1H3. The number of benzene rings is 1. The zero-order chi connectivity index (χ0) is 14.3. The molecule has 0 spiro atoms. The molecule has 1 aromatic carbocycles. The number of hydrogen-bond acceptors (Lipinski definition) is 4. The zero-order valence-corrected chi connectivity index (χ0v) is 12.9. The van der Waals surface area contributed by atoms with Gasteiger partial charge in [0.1, 0.15) is 18.5 Å². The van der Waals surface area contributed by atoms with Crippen molar-refractivity contribution >= 4 is 34.0 Å². The molecule has 4 nitrogen and oxygen atoms in total. The second-order valence-corrected chi connectivity index (χ2v) is 6.39. The van der Waals surface area contributed by atoms with Crippen molar-refractivity contribution in [2.45, 2.75) is 6.10 Å². The Labute approximate surface area is 125 Å². The third-order valence-corrected chi connectivity index (χ3v) is 3.80. The van der Waals surface area contributed by atoms with Crippen LogP contribution in [0.2, 0.25) is 10.0 Å². The average molecular weight is 326 g/mol. The predicted octanol–water partition coefficient (Wildman–Crippen LogP) is 1.70. The quantitative estimate of drug-likeness (QED) is 0.714. The van der Waals surface area contributed by atoms with Crippen molar-refractivity contribution < 1.29 is 14.1 Å². The first kappa shape index (κ1) is 16.7. The molecular weight excluding hydrogens is 309 g/mol. The molecule has 1 aromatic rings. The minimum absolute atomic E-state index is 0.153. The molecule has 2 atom stereocenters. The van der Waals surface area contributed by atoms with E-state index < -0.39 is 16.9 Å². The number of aliphatic hydroxyl groups is 1. The summed E-state index contributed by atoms with van der Waals surface area (Å²) in [5.74, 6) is 1.13. The third kappa shape index (κ3) is 7.13. The van der Waals surface area contributed by atoms with E-state index in [4.69, 9.17) is 27.9 Å². The predicted molar refractivity (Wildman–Crippen MR) is 79.8 cm³/mol. The maximum atomic E-state index is 10.8. The lowest BCUT2D eigenvalue weighted by atomic mass is 10.3. The molecule has 108 valence electrons. The molecule has 0 aliphatic carbocycles. The molecule has 0 bridgehead atoms. The van der Waals surface area contributed by atoms with Gasteiger partial charge in [-0.1, -0.05) is 23.2 Å². The van der Waals surface area contributed by atoms with Gasteiger partial charge in [-0.15, -0.1) is 0 Å². The van der Waals surface area contributed by atoms with E-state index in [2.05, 4.69) is 5.32 Å². The largest absolute Gasteiger partial charge is 0.491 e. The van der Waals surface area contributed by atoms with Crippen LogP contribution in [0.1, 0.15) is 0 Å². The van der Waals surface area contributed by atoms with Gasteiger partial charge in [0.25, 0.3) is 0 Å². The fraction of sp³-hybridized carbons (Fsp3) is 0.500. The summed E-state index contributed by atoms with van der Waals surface area (Å²) in [6.07, 6.45) is 1.01. The molecule has 2 N–H and O–H groups in total. The maximum Gasteiger partial charge on any atom is 0.121 e. The van der Waals surface area contributed by atoms with Crippen molar-refractivity contribution in [2.24, 2.45) is 0 Å². The number of halogens is 2. The molecule has 0 heterocycles. The SMILES string of the molecule is CS(=O)CCNCC(O)COc1ccc(Cl)c(Cl)c1. The fourth-order valence-electron chi connectivity index (χ4n) is 1.30. The first-order chi connectivity index (χ1) is 8.99. The Morgan fingerprint density at radius 1 is 1.42 bits per heavy atom. The molecule has 0 radical (unpaired) electrons. The van der Waals surface area contributed by atoms with E-state index in [1.54, 1.807) is 24.5 Å². The summed E-state index contributed by atoms with van der Waals surface area (Å²) in [5.41, 5.74) is 0. The Bertz CT molecular complexity index is 431. The highest BCUT2D eigenvalue weighted by Crippen LogP contribution is 2.26. The lowest BCUT2D eigenvalue weighted by Gasteiger charge is -2.13. The first-order valence-corrected chi connectivity index (χ1v) is 8.24. The molecule has 0 fully saturated rings. The summed E-state index contributed by atoms with van der Waals surface area (Å²) >= 11 is 11.6. The maximum absolute atomic E-state index is 10.8. The smallest absolute Gasteiger partial charge is 0.121 e. The van der Waals surface area contributed by atoms with Gasteiger partial charge in [0.2, 0.25) is 0 Å². The molecule has 1 rings (SSSR count). The van der Waals surface area contributed by atoms with Gasteiger partial charge in [-0.25, -0.2) is 0 Å². The third-order valence-electron chi connectivity index (χ3n) is 2.28. The summed E-state index contributed by atoms with van der Waals surface area (Å²) in [6, 6.07) is 4.93. The second-order valence-electron chi connectivity index (χ2n) is 4.02. The van der Waals surface area contributed by atoms with E-state index in [1.165, 1.54) is 0 Å². The number of nitrogens with one attached hydrogen (secondary N) is 1. The van der Waals surface area contributed by atoms with Gasteiger partial charge in [0.15, 0.2) is 0 Å². The first-order valence-electron chi connectivity index (χ1n) is 5.75. The highest BCUT2D eigenvalue weighted by atomic mass is 35.5. The molecule has 0 aromatic heterocycles. The minimum Gasteiger partial charge on any atom is -0.491 e. The summed E-state index contributed by atoms with van der Waals surface area (Å²) in [7, 11) is -0.821. The van der Waals surface area contributed by atoms with Gasteiger partial charge in [-0.3, -0.25) is 4.21 Å². The van der Waals surface area contributed by atoms with Crippen LogP contribution in [0.15, 0.2) is 18.2 Å². The van der Waals surface area contributed by atoms with Gasteiger partial charge in [0, 0.05) is 42.0 Å². The fourth-order valence-corrected chi connectivity index (χ4v) is 2.02. The number of rotatable bonds is 8. The number of ether oxygens (including phenoxy) is 1. The van der Waals surface area contributed by atoms with Crippen LogP contribution in [0.4, 0.5) is 0 Å². The van der Waals surface area contributed by atoms with Crippen molar-refractivity contribution in [2.75, 3.05) is 31.7 Å². The second kappa shape index (κ2) is 8.76. The lowest BCUT2D eigenvalue weighted by Crippen LogP contribution is -2.33. The Hall–Kier alpha value is -0.330. The highest BCUT2D eigenvalue weighted by Gasteiger charge is 2.06. The van der Waals surface area contributed by atoms with Gasteiger partial charge in [0.05, 0.1) is 10.0 Å². The summed E-state index contributed by atoms with van der Waals surface area (Å²) in [5, 5.41) is 13.6. The molecule has 19 heavy (non-hydrogen) atoms. The van der Waals surface area contributed by atoms with Crippen LogP contribution in [-0.2, 0) is 10.8 Å². The monoisotopic (exact) mass is 325 g/mol. The van der Waals surface area contributed by atoms with E-state index in [0.29, 0.717) is 34.6 Å². The van der Waals surface area contributed by atoms with Crippen LogP contribution < -0.4 is 10.1 Å². The van der Waals surface area contributed by atoms with Crippen LogP contribution in [-0.4, -0.2) is 47.1 Å². The summed E-state index contributed by atoms with van der Waals surface area (Å²) in [6.45, 7) is 1.14. The van der Waals surface area contributed by atoms with Gasteiger partial charge < -0.3 is 15.2 Å². The molecule has 0 amide bonds. The van der Waals surface area contributed by atoms with Crippen LogP contribution in [0, 0.1) is 0 Å². The Balaban J connectivity index is 2.24. The minimum atomic E-state index is -0.821. The molecule has 0 aliphatic heterocycles. The van der Waals surface area contributed by atoms with Crippen molar-refractivity contribution in [1.82, 2.24) is 5.32 Å². The Morgan fingerprint density at radius 3 is 2.79 bits per heavy atom. The molecule has 0 saturated heterocycles. The van der Waals surface area contributed by atoms with Crippen molar-refractivity contribution in [3.8, 4) is 5.75 Å². The van der Waals surface area contributed by atoms with E-state index >= 15 is 0 Å². The van der Waals surface area contributed by atoms with Crippen LogP contribution >= 0.6 is 23.2 Å². The molecule has 2 unspecified atom stereocenters. The topological polar surface area (TPSA) is 58.6 Å². The highest BCUT2D eigenvalue weighted by molar-refractivity contribution is 7.84. The van der Waals surface area contributed by atoms with Crippen LogP contribution in [0.5, 0.6) is 5.75 Å². The van der Waals surface area contributed by atoms with Gasteiger partial charge in [-0.05, 0) is 12.1 Å². The van der Waals surface area contributed by atoms with E-state index in [0.717, 1.165) is 0 Å². The zero-order valence-electron chi connectivity index (χ0n) is 10.6. The molecule has 7 heteroatoms. The van der Waals surface area contributed by atoms with E-state index in [1.807, 2.05) is 0 Å². The van der Waals surface area contributed by atoms with Crippen LogP contribution in [0.25, 0.3) is 0 Å². The van der Waals surface area contributed by atoms with Crippen molar-refractivity contribution in [3.05, 3.63) is 28.2 Å². The number of aliphatic hydroxyl groups excluding tert-OH is 1. The number of hydrogen-bond donors (Lipinski definition) is 2. The van der Waals surface area contributed by atoms with E-state index in [9.17, 15) is 9.32 Å². The van der Waals surface area contributed by atoms with Gasteiger partial charge in [-0.2, -0.15) is 0 Å². The molecule has 0 saturated carbocycles. The normalized spacial score (nSPS) is 14.1. The average Bonchev–Trinajstić information content (AvgIpc) is 2.36. The van der Waals surface area contributed by atoms with Crippen LogP contribution in [0.3, 0.4) is 0 Å². The van der Waals surface area contributed by atoms with E-state index in [-0.39, 0.29) is 6.61 Å². The molecule has 0 aliphatic rings. The lowest BCUT2D eigenvalue weighted by molar-refractivity contribution is 0.107.